The van der Waals surface area contributed by atoms with Crippen LogP contribution in [0, 0.1) is 0 Å². The van der Waals surface area contributed by atoms with Crippen molar-refractivity contribution in [2.24, 2.45) is 0 Å². The first-order valence-corrected chi connectivity index (χ1v) is 10.3. The predicted molar refractivity (Wildman–Crippen MR) is 120 cm³/mol. The Balaban J connectivity index is 1.73. The van der Waals surface area contributed by atoms with Crippen LogP contribution >= 0.6 is 23.2 Å². The van der Waals surface area contributed by atoms with Crippen molar-refractivity contribution in [3.8, 4) is 17.2 Å². The van der Waals surface area contributed by atoms with Gasteiger partial charge in [0.2, 0.25) is 11.6 Å². The minimum Gasteiger partial charge on any atom is -0.476 e. The number of hydrogen-bond acceptors (Lipinski definition) is 6. The Labute approximate surface area is 195 Å². The maximum Gasteiger partial charge on any atom is 0.362 e. The van der Waals surface area contributed by atoms with Gasteiger partial charge in [0.1, 0.15) is 5.75 Å². The second-order valence-corrected chi connectivity index (χ2v) is 8.80. The van der Waals surface area contributed by atoms with E-state index >= 15 is 0 Å². The van der Waals surface area contributed by atoms with Crippen LogP contribution in [-0.2, 0) is 10.2 Å². The Morgan fingerprint density at radius 2 is 1.82 bits per heavy atom. The number of halogens is 2. The fourth-order valence-corrected chi connectivity index (χ4v) is 4.10. The van der Waals surface area contributed by atoms with Crippen LogP contribution in [0.5, 0.6) is 11.5 Å². The Morgan fingerprint density at radius 1 is 1.15 bits per heavy atom. The first-order valence-electron chi connectivity index (χ1n) is 9.55. The number of carboxylic acids is 1. The minimum absolute atomic E-state index is 0.0135. The molecule has 2 aromatic carbocycles. The molecule has 0 radical (unpaired) electrons. The van der Waals surface area contributed by atoms with Crippen LogP contribution in [0.15, 0.2) is 39.9 Å². The molecule has 1 aliphatic rings. The number of aromatic carboxylic acids is 1. The number of carbonyl (C=O) groups excluding carboxylic acids is 1. The summed E-state index contributed by atoms with van der Waals surface area (Å²) in [5, 5.41) is 15.5. The third-order valence-corrected chi connectivity index (χ3v) is 5.64. The third kappa shape index (κ3) is 4.22. The standard InChI is InChI=1S/C21H16Cl2N4O6/c1-21(2)8-15(28)24-14-4-3-10(7-11(14)21)33-17-12(22)5-9(6-13(17)23)27-20(32)25-18(29)16(26-27)19(30)31/h3-7H,8H2,1-2H3,(H,24,28)(H,30,31)(H,25,29,32). The van der Waals surface area contributed by atoms with E-state index in [1.54, 1.807) is 18.2 Å². The number of nitrogens with zero attached hydrogens (tertiary/aromatic N) is 2. The van der Waals surface area contributed by atoms with Gasteiger partial charge < -0.3 is 15.2 Å². The van der Waals surface area contributed by atoms with Crippen molar-refractivity contribution in [3.63, 3.8) is 0 Å². The highest BCUT2D eigenvalue weighted by atomic mass is 35.5. The topological polar surface area (TPSA) is 143 Å². The number of ether oxygens (including phenoxy) is 1. The van der Waals surface area contributed by atoms with E-state index in [9.17, 15) is 19.2 Å². The summed E-state index contributed by atoms with van der Waals surface area (Å²) in [5.41, 5.74) is -1.78. The van der Waals surface area contributed by atoms with Crippen LogP contribution in [0.3, 0.4) is 0 Å². The molecule has 33 heavy (non-hydrogen) atoms. The van der Waals surface area contributed by atoms with E-state index < -0.39 is 28.3 Å². The molecular formula is C21H16Cl2N4O6. The Hall–Kier alpha value is -3.63. The van der Waals surface area contributed by atoms with Crippen molar-refractivity contribution in [1.82, 2.24) is 14.8 Å². The monoisotopic (exact) mass is 490 g/mol. The van der Waals surface area contributed by atoms with Crippen molar-refractivity contribution >= 4 is 40.8 Å². The number of aromatic nitrogens is 3. The summed E-state index contributed by atoms with van der Waals surface area (Å²) in [6.07, 6.45) is 0.318. The van der Waals surface area contributed by atoms with Gasteiger partial charge in [0.25, 0.3) is 5.56 Å². The van der Waals surface area contributed by atoms with Gasteiger partial charge in [-0.1, -0.05) is 37.0 Å². The molecule has 0 unspecified atom stereocenters. The van der Waals surface area contributed by atoms with Crippen molar-refractivity contribution in [1.29, 1.82) is 0 Å². The molecule has 12 heteroatoms. The molecule has 0 fully saturated rings. The number of nitrogens with one attached hydrogen (secondary N) is 2. The molecule has 1 amide bonds. The number of amides is 1. The lowest BCUT2D eigenvalue weighted by atomic mass is 9.78. The Morgan fingerprint density at radius 3 is 2.45 bits per heavy atom. The number of carbonyl (C=O) groups is 2. The molecule has 1 aromatic heterocycles. The summed E-state index contributed by atoms with van der Waals surface area (Å²) in [7, 11) is 0. The molecule has 0 saturated carbocycles. The maximum absolute atomic E-state index is 12.1. The zero-order chi connectivity index (χ0) is 24.1. The summed E-state index contributed by atoms with van der Waals surface area (Å²) in [5.74, 6) is -1.16. The quantitative estimate of drug-likeness (QED) is 0.508. The lowest BCUT2D eigenvalue weighted by Crippen LogP contribution is -2.35. The maximum atomic E-state index is 12.1. The first-order chi connectivity index (χ1) is 15.5. The van der Waals surface area contributed by atoms with Gasteiger partial charge in [0.05, 0.1) is 15.7 Å². The van der Waals surface area contributed by atoms with Crippen LogP contribution in [0.2, 0.25) is 10.0 Å². The van der Waals surface area contributed by atoms with Gasteiger partial charge in [-0.3, -0.25) is 14.6 Å². The van der Waals surface area contributed by atoms with Crippen molar-refractivity contribution in [2.45, 2.75) is 25.7 Å². The SMILES string of the molecule is CC1(C)CC(=O)Nc2ccc(Oc3c(Cl)cc(-n4nc(C(=O)O)c(=O)[nH]c4=O)cc3Cl)cc21. The number of anilines is 1. The van der Waals surface area contributed by atoms with E-state index in [1.807, 2.05) is 18.8 Å². The molecule has 4 rings (SSSR count). The van der Waals surface area contributed by atoms with Crippen LogP contribution in [0.1, 0.15) is 36.3 Å². The number of aromatic amines is 1. The molecular weight excluding hydrogens is 475 g/mol. The van der Waals surface area contributed by atoms with Crippen molar-refractivity contribution < 1.29 is 19.4 Å². The zero-order valence-corrected chi connectivity index (χ0v) is 18.7. The van der Waals surface area contributed by atoms with E-state index in [4.69, 9.17) is 33.0 Å². The molecule has 0 saturated heterocycles. The van der Waals surface area contributed by atoms with Gasteiger partial charge in [-0.05, 0) is 35.9 Å². The summed E-state index contributed by atoms with van der Waals surface area (Å²) >= 11 is 12.7. The highest BCUT2D eigenvalue weighted by Crippen LogP contribution is 2.42. The molecule has 0 bridgehead atoms. The van der Waals surface area contributed by atoms with Crippen LogP contribution in [0.25, 0.3) is 5.69 Å². The van der Waals surface area contributed by atoms with Gasteiger partial charge >= 0.3 is 11.7 Å². The Kier molecular flexibility index (Phi) is 5.51. The molecule has 0 spiro atoms. The number of carboxylic acid groups (broad SMARTS) is 1. The second-order valence-electron chi connectivity index (χ2n) is 7.98. The van der Waals surface area contributed by atoms with Gasteiger partial charge in [-0.25, -0.2) is 9.59 Å². The van der Waals surface area contributed by atoms with Crippen molar-refractivity contribution in [2.75, 3.05) is 5.32 Å². The molecule has 2 heterocycles. The lowest BCUT2D eigenvalue weighted by molar-refractivity contribution is -0.117. The van der Waals surface area contributed by atoms with Crippen LogP contribution in [-0.4, -0.2) is 31.7 Å². The largest absolute Gasteiger partial charge is 0.476 e. The second kappa shape index (κ2) is 8.05. The third-order valence-electron chi connectivity index (χ3n) is 5.07. The highest BCUT2D eigenvalue weighted by molar-refractivity contribution is 6.37. The smallest absolute Gasteiger partial charge is 0.362 e. The van der Waals surface area contributed by atoms with Gasteiger partial charge in [-0.15, -0.1) is 0 Å². The average molecular weight is 491 g/mol. The predicted octanol–water partition coefficient (Wildman–Crippen LogP) is 3.34. The number of H-pyrrole nitrogens is 1. The van der Waals surface area contributed by atoms with E-state index in [0.29, 0.717) is 22.5 Å². The zero-order valence-electron chi connectivity index (χ0n) is 17.2. The molecule has 0 atom stereocenters. The summed E-state index contributed by atoms with van der Waals surface area (Å²) in [6, 6.07) is 7.74. The summed E-state index contributed by atoms with van der Waals surface area (Å²) in [6.45, 7) is 3.90. The number of benzene rings is 2. The fourth-order valence-electron chi connectivity index (χ4n) is 3.55. The molecule has 1 aliphatic heterocycles. The molecule has 3 aromatic rings. The van der Waals surface area contributed by atoms with E-state index in [-0.39, 0.29) is 27.4 Å². The summed E-state index contributed by atoms with van der Waals surface area (Å²) in [4.78, 5) is 48.7. The van der Waals surface area contributed by atoms with Crippen LogP contribution < -0.4 is 21.3 Å². The molecule has 170 valence electrons. The van der Waals surface area contributed by atoms with Gasteiger partial charge in [0.15, 0.2) is 5.75 Å². The molecule has 10 nitrogen and oxygen atoms in total. The summed E-state index contributed by atoms with van der Waals surface area (Å²) < 4.78 is 6.56. The Bertz CT molecular complexity index is 1420. The lowest BCUT2D eigenvalue weighted by Gasteiger charge is -2.32. The fraction of sp³-hybridized carbons (Fsp3) is 0.190. The van der Waals surface area contributed by atoms with Gasteiger partial charge in [-0.2, -0.15) is 9.78 Å². The van der Waals surface area contributed by atoms with Crippen molar-refractivity contribution in [3.05, 3.63) is 72.5 Å². The van der Waals surface area contributed by atoms with Crippen LogP contribution in [0.4, 0.5) is 5.69 Å². The number of hydrogen-bond donors (Lipinski definition) is 3. The molecule has 0 aliphatic carbocycles. The van der Waals surface area contributed by atoms with E-state index in [2.05, 4.69) is 10.4 Å². The first kappa shape index (κ1) is 22.6. The average Bonchev–Trinajstić information content (AvgIpc) is 2.70. The minimum atomic E-state index is -1.60. The number of rotatable bonds is 4. The molecule has 3 N–H and O–H groups in total. The van der Waals surface area contributed by atoms with Gasteiger partial charge in [0, 0.05) is 17.5 Å². The normalized spacial score (nSPS) is 14.4. The highest BCUT2D eigenvalue weighted by Gasteiger charge is 2.32. The van der Waals surface area contributed by atoms with E-state index in [0.717, 1.165) is 5.56 Å². The number of fused-ring (bicyclic) bond motifs is 1. The van der Waals surface area contributed by atoms with E-state index in [1.165, 1.54) is 12.1 Å².